The van der Waals surface area contributed by atoms with E-state index in [-0.39, 0.29) is 29.8 Å². The normalized spacial score (nSPS) is 14.2. The lowest BCUT2D eigenvalue weighted by Gasteiger charge is -2.18. The third-order valence-electron chi connectivity index (χ3n) is 4.26. The molecule has 31 heavy (non-hydrogen) atoms. The zero-order valence-corrected chi connectivity index (χ0v) is 17.8. The van der Waals surface area contributed by atoms with E-state index in [2.05, 4.69) is 10.3 Å². The number of nitriles is 1. The van der Waals surface area contributed by atoms with E-state index in [9.17, 15) is 9.59 Å². The average Bonchev–Trinajstić information content (AvgIpc) is 3.11. The van der Waals surface area contributed by atoms with Crippen LogP contribution < -0.4 is 19.7 Å². The molecular weight excluding hydrogens is 416 g/mol. The molecule has 1 aliphatic rings. The van der Waals surface area contributed by atoms with E-state index in [4.69, 9.17) is 14.7 Å². The highest BCUT2D eigenvalue weighted by molar-refractivity contribution is 8.14. The van der Waals surface area contributed by atoms with Gasteiger partial charge in [-0.05, 0) is 35.9 Å². The molecule has 158 valence electrons. The van der Waals surface area contributed by atoms with Crippen molar-refractivity contribution in [2.75, 3.05) is 31.4 Å². The summed E-state index contributed by atoms with van der Waals surface area (Å²) in [7, 11) is 3.13. The van der Waals surface area contributed by atoms with Gasteiger partial charge >= 0.3 is 0 Å². The first-order chi connectivity index (χ1) is 15.0. The molecule has 0 aliphatic carbocycles. The summed E-state index contributed by atoms with van der Waals surface area (Å²) in [6, 6.07) is 16.1. The highest BCUT2D eigenvalue weighted by Gasteiger charge is 2.32. The molecule has 8 nitrogen and oxygen atoms in total. The molecule has 0 unspecified atom stereocenters. The van der Waals surface area contributed by atoms with Gasteiger partial charge in [-0.2, -0.15) is 5.26 Å². The molecular formula is C22H20N4O4S. The molecule has 1 aliphatic heterocycles. The number of carbonyl (C=O) groups excluding carboxylic acids is 2. The molecule has 0 radical (unpaired) electrons. The van der Waals surface area contributed by atoms with Crippen LogP contribution in [0.4, 0.5) is 5.69 Å². The number of nitrogens with zero attached hydrogens (tertiary/aromatic N) is 3. The number of carbonyl (C=O) groups is 2. The van der Waals surface area contributed by atoms with Gasteiger partial charge in [-0.25, -0.2) is 4.99 Å². The summed E-state index contributed by atoms with van der Waals surface area (Å²) in [4.78, 5) is 31.0. The second-order valence-electron chi connectivity index (χ2n) is 6.26. The monoisotopic (exact) mass is 436 g/mol. The van der Waals surface area contributed by atoms with E-state index in [1.165, 1.54) is 4.90 Å². The average molecular weight is 436 g/mol. The Morgan fingerprint density at radius 1 is 1.19 bits per heavy atom. The lowest BCUT2D eigenvalue weighted by molar-refractivity contribution is -0.118. The van der Waals surface area contributed by atoms with Crippen LogP contribution in [0.15, 0.2) is 59.2 Å². The van der Waals surface area contributed by atoms with E-state index in [1.807, 2.05) is 18.2 Å². The Morgan fingerprint density at radius 3 is 2.61 bits per heavy atom. The predicted molar refractivity (Wildman–Crippen MR) is 120 cm³/mol. The van der Waals surface area contributed by atoms with Gasteiger partial charge in [0.1, 0.15) is 23.7 Å². The second kappa shape index (κ2) is 10.3. The standard InChI is InChI=1S/C22H20N4O4S/c1-29-17-8-6-15(7-9-17)12-19-21(28)26(16-4-3-5-18(13-16)30-2)22(25-19)31-14-20(27)24-11-10-23/h3-9,12-13H,11,14H2,1-2H3,(H,24,27)/b19-12-. The summed E-state index contributed by atoms with van der Waals surface area (Å²) < 4.78 is 10.4. The number of aliphatic imine (C=N–C) groups is 1. The molecule has 0 saturated heterocycles. The lowest BCUT2D eigenvalue weighted by atomic mass is 10.2. The van der Waals surface area contributed by atoms with E-state index in [0.29, 0.717) is 22.4 Å². The fraction of sp³-hybridized carbons (Fsp3) is 0.182. The van der Waals surface area contributed by atoms with E-state index < -0.39 is 0 Å². The van der Waals surface area contributed by atoms with Crippen molar-refractivity contribution in [3.63, 3.8) is 0 Å². The Labute approximate surface area is 184 Å². The largest absolute Gasteiger partial charge is 0.497 e. The Balaban J connectivity index is 1.90. The number of amides is 2. The van der Waals surface area contributed by atoms with Gasteiger partial charge in [0.2, 0.25) is 5.91 Å². The van der Waals surface area contributed by atoms with Gasteiger partial charge in [-0.1, -0.05) is 30.0 Å². The van der Waals surface area contributed by atoms with Crippen molar-refractivity contribution in [2.24, 2.45) is 4.99 Å². The van der Waals surface area contributed by atoms with Crippen LogP contribution in [-0.4, -0.2) is 43.5 Å². The number of ether oxygens (including phenoxy) is 2. The number of rotatable bonds is 7. The van der Waals surface area contributed by atoms with Crippen LogP contribution in [0, 0.1) is 11.3 Å². The Kier molecular flexibility index (Phi) is 7.30. The molecule has 0 bridgehead atoms. The number of methoxy groups -OCH3 is 2. The van der Waals surface area contributed by atoms with Crippen LogP contribution in [0.1, 0.15) is 5.56 Å². The molecule has 1 heterocycles. The van der Waals surface area contributed by atoms with Crippen molar-refractivity contribution in [3.8, 4) is 17.6 Å². The smallest absolute Gasteiger partial charge is 0.283 e. The minimum Gasteiger partial charge on any atom is -0.497 e. The zero-order chi connectivity index (χ0) is 22.2. The Morgan fingerprint density at radius 2 is 1.94 bits per heavy atom. The van der Waals surface area contributed by atoms with Crippen LogP contribution in [0.3, 0.4) is 0 Å². The summed E-state index contributed by atoms with van der Waals surface area (Å²) in [6.45, 7) is -0.0764. The number of hydrogen-bond donors (Lipinski definition) is 1. The van der Waals surface area contributed by atoms with Crippen molar-refractivity contribution in [1.29, 1.82) is 5.26 Å². The SMILES string of the molecule is COc1ccc(/C=C2\N=C(SCC(=O)NCC#N)N(c3cccc(OC)c3)C2=O)cc1. The van der Waals surface area contributed by atoms with E-state index in [0.717, 1.165) is 17.3 Å². The van der Waals surface area contributed by atoms with Crippen molar-refractivity contribution >= 4 is 40.5 Å². The minimum absolute atomic E-state index is 0.0179. The number of thioether (sulfide) groups is 1. The molecule has 2 amide bonds. The first kappa shape index (κ1) is 21.9. The maximum atomic E-state index is 13.2. The van der Waals surface area contributed by atoms with Crippen molar-refractivity contribution in [2.45, 2.75) is 0 Å². The lowest BCUT2D eigenvalue weighted by Crippen LogP contribution is -2.32. The fourth-order valence-electron chi connectivity index (χ4n) is 2.75. The van der Waals surface area contributed by atoms with Crippen molar-refractivity contribution in [1.82, 2.24) is 5.32 Å². The third-order valence-corrected chi connectivity index (χ3v) is 5.20. The van der Waals surface area contributed by atoms with Crippen LogP contribution >= 0.6 is 11.8 Å². The Bertz CT molecular complexity index is 1070. The molecule has 1 N–H and O–H groups in total. The number of hydrogen-bond acceptors (Lipinski definition) is 7. The number of anilines is 1. The van der Waals surface area contributed by atoms with E-state index >= 15 is 0 Å². The molecule has 0 spiro atoms. The quantitative estimate of drug-likeness (QED) is 0.529. The third kappa shape index (κ3) is 5.43. The summed E-state index contributed by atoms with van der Waals surface area (Å²) in [5.74, 6) is 0.684. The van der Waals surface area contributed by atoms with Gasteiger partial charge in [0.15, 0.2) is 5.17 Å². The zero-order valence-electron chi connectivity index (χ0n) is 17.0. The summed E-state index contributed by atoms with van der Waals surface area (Å²) >= 11 is 1.12. The summed E-state index contributed by atoms with van der Waals surface area (Å²) in [6.07, 6.45) is 1.68. The minimum atomic E-state index is -0.320. The predicted octanol–water partition coefficient (Wildman–Crippen LogP) is 2.82. The van der Waals surface area contributed by atoms with Crippen LogP contribution in [-0.2, 0) is 9.59 Å². The number of benzene rings is 2. The maximum Gasteiger partial charge on any atom is 0.283 e. The van der Waals surface area contributed by atoms with Gasteiger partial charge in [0.05, 0.1) is 31.7 Å². The van der Waals surface area contributed by atoms with Crippen LogP contribution in [0.2, 0.25) is 0 Å². The Hall–Kier alpha value is -3.77. The molecule has 2 aromatic rings. The summed E-state index contributed by atoms with van der Waals surface area (Å²) in [5.41, 5.74) is 1.61. The second-order valence-corrected chi connectivity index (χ2v) is 7.21. The molecule has 0 saturated carbocycles. The fourth-order valence-corrected chi connectivity index (χ4v) is 3.59. The maximum absolute atomic E-state index is 13.2. The van der Waals surface area contributed by atoms with Gasteiger partial charge in [-0.3, -0.25) is 14.5 Å². The molecule has 9 heteroatoms. The number of amidine groups is 1. The molecule has 0 aromatic heterocycles. The topological polar surface area (TPSA) is 104 Å². The first-order valence-corrected chi connectivity index (χ1v) is 10.2. The number of nitrogens with one attached hydrogen (secondary N) is 1. The summed E-state index contributed by atoms with van der Waals surface area (Å²) in [5, 5.41) is 11.4. The van der Waals surface area contributed by atoms with Gasteiger partial charge < -0.3 is 14.8 Å². The van der Waals surface area contributed by atoms with Crippen LogP contribution in [0.25, 0.3) is 6.08 Å². The van der Waals surface area contributed by atoms with Crippen molar-refractivity contribution in [3.05, 3.63) is 59.8 Å². The van der Waals surface area contributed by atoms with Gasteiger partial charge in [0, 0.05) is 6.07 Å². The van der Waals surface area contributed by atoms with E-state index in [1.54, 1.807) is 56.7 Å². The highest BCUT2D eigenvalue weighted by Crippen LogP contribution is 2.31. The molecule has 0 fully saturated rings. The molecule has 3 rings (SSSR count). The van der Waals surface area contributed by atoms with Crippen LogP contribution in [0.5, 0.6) is 11.5 Å². The molecule has 0 atom stereocenters. The first-order valence-electron chi connectivity index (χ1n) is 9.25. The van der Waals surface area contributed by atoms with Gasteiger partial charge in [-0.15, -0.1) is 0 Å². The van der Waals surface area contributed by atoms with Gasteiger partial charge in [0.25, 0.3) is 5.91 Å². The van der Waals surface area contributed by atoms with Crippen molar-refractivity contribution < 1.29 is 19.1 Å². The highest BCUT2D eigenvalue weighted by atomic mass is 32.2. The molecule has 2 aromatic carbocycles.